The quantitative estimate of drug-likeness (QED) is 0.148. The Morgan fingerprint density at radius 1 is 0.970 bits per heavy atom. The van der Waals surface area contributed by atoms with Gasteiger partial charge in [0.2, 0.25) is 5.91 Å². The summed E-state index contributed by atoms with van der Waals surface area (Å²) in [5.41, 5.74) is 5.53. The van der Waals surface area contributed by atoms with Crippen LogP contribution >= 0.6 is 0 Å². The van der Waals surface area contributed by atoms with Crippen LogP contribution < -0.4 is 11.1 Å². The molecule has 192 valence electrons. The van der Waals surface area contributed by atoms with Crippen LogP contribution in [-0.4, -0.2) is 134 Å². The smallest absolute Gasteiger partial charge is 0.323 e. The molecule has 1 amide bonds. The fourth-order valence-corrected chi connectivity index (χ4v) is 3.57. The molecule has 2 fully saturated rings. The molecule has 15 nitrogen and oxygen atoms in total. The minimum Gasteiger partial charge on any atom is -0.480 e. The molecule has 0 aromatic heterocycles. The van der Waals surface area contributed by atoms with E-state index in [1.54, 1.807) is 0 Å². The largest absolute Gasteiger partial charge is 0.480 e. The van der Waals surface area contributed by atoms with E-state index >= 15 is 0 Å². The highest BCUT2D eigenvalue weighted by Crippen LogP contribution is 2.30. The lowest BCUT2D eigenvalue weighted by molar-refractivity contribution is -0.350. The topological polar surface area (TPSA) is 251 Å². The van der Waals surface area contributed by atoms with Gasteiger partial charge in [-0.1, -0.05) is 0 Å². The lowest BCUT2D eigenvalue weighted by Crippen LogP contribution is -2.68. The van der Waals surface area contributed by atoms with E-state index in [0.717, 1.165) is 6.92 Å². The molecular weight excluding hydrogens is 452 g/mol. The van der Waals surface area contributed by atoms with Crippen molar-refractivity contribution in [1.82, 2.24) is 5.32 Å². The van der Waals surface area contributed by atoms with Crippen LogP contribution in [0.3, 0.4) is 0 Å². The van der Waals surface area contributed by atoms with Crippen LogP contribution in [0.1, 0.15) is 13.8 Å². The van der Waals surface area contributed by atoms with Gasteiger partial charge in [-0.05, 0) is 6.92 Å². The van der Waals surface area contributed by atoms with E-state index in [9.17, 15) is 40.2 Å². The van der Waals surface area contributed by atoms with Crippen LogP contribution in [0, 0.1) is 0 Å². The van der Waals surface area contributed by atoms with Crippen molar-refractivity contribution < 1.29 is 64.3 Å². The van der Waals surface area contributed by atoms with E-state index in [-0.39, 0.29) is 0 Å². The first-order chi connectivity index (χ1) is 15.4. The first-order valence-electron chi connectivity index (χ1n) is 10.2. The van der Waals surface area contributed by atoms with Crippen LogP contribution in [0.5, 0.6) is 0 Å². The Hall–Kier alpha value is -1.50. The molecule has 2 aliphatic heterocycles. The number of aliphatic carboxylic acids is 1. The van der Waals surface area contributed by atoms with Crippen LogP contribution in [-0.2, 0) is 28.5 Å². The number of carbonyl (C=O) groups excluding carboxylic acids is 1. The lowest BCUT2D eigenvalue weighted by Gasteiger charge is -2.47. The number of hydrogen-bond donors (Lipinski definition) is 9. The normalized spacial score (nSPS) is 41.2. The van der Waals surface area contributed by atoms with Gasteiger partial charge in [0.05, 0.1) is 19.3 Å². The molecule has 2 aliphatic rings. The summed E-state index contributed by atoms with van der Waals surface area (Å²) in [5, 5.41) is 71.5. The highest BCUT2D eigenvalue weighted by atomic mass is 16.7. The maximum absolute atomic E-state index is 11.7. The summed E-state index contributed by atoms with van der Waals surface area (Å²) in [6, 6.07) is -2.79. The van der Waals surface area contributed by atoms with Gasteiger partial charge in [-0.25, -0.2) is 0 Å². The zero-order valence-corrected chi connectivity index (χ0v) is 18.0. The highest BCUT2D eigenvalue weighted by Gasteiger charge is 2.51. The number of carbonyl (C=O) groups is 2. The minimum atomic E-state index is -1.80. The number of ether oxygens (including phenoxy) is 4. The Bertz CT molecular complexity index is 667. The number of carboxylic acids is 1. The second-order valence-electron chi connectivity index (χ2n) is 7.95. The second-order valence-corrected chi connectivity index (χ2v) is 7.95. The lowest BCUT2D eigenvalue weighted by atomic mass is 9.95. The van der Waals surface area contributed by atoms with Crippen molar-refractivity contribution in [3.05, 3.63) is 0 Å². The molecular formula is C18H32N2O13. The van der Waals surface area contributed by atoms with Gasteiger partial charge in [0, 0.05) is 6.92 Å². The molecule has 0 aliphatic carbocycles. The number of amides is 1. The molecule has 2 saturated heterocycles. The molecule has 2 heterocycles. The summed E-state index contributed by atoms with van der Waals surface area (Å²) in [7, 11) is 0. The van der Waals surface area contributed by atoms with Crippen molar-refractivity contribution >= 4 is 11.9 Å². The number of carboxylic acid groups (broad SMARTS) is 1. The van der Waals surface area contributed by atoms with Crippen molar-refractivity contribution in [2.75, 3.05) is 13.2 Å². The summed E-state index contributed by atoms with van der Waals surface area (Å²) in [6.07, 6.45) is -15.1. The average Bonchev–Trinajstić information content (AvgIpc) is 2.76. The Labute approximate surface area is 188 Å². The van der Waals surface area contributed by atoms with E-state index < -0.39 is 98.6 Å². The first-order valence-corrected chi connectivity index (χ1v) is 10.2. The van der Waals surface area contributed by atoms with E-state index in [1.807, 2.05) is 0 Å². The van der Waals surface area contributed by atoms with E-state index in [1.165, 1.54) is 6.92 Å². The fraction of sp³-hybridized carbons (Fsp3) is 0.889. The molecule has 0 saturated carbocycles. The second kappa shape index (κ2) is 11.8. The van der Waals surface area contributed by atoms with Crippen LogP contribution in [0.4, 0.5) is 0 Å². The van der Waals surface area contributed by atoms with Gasteiger partial charge in [-0.3, -0.25) is 9.59 Å². The minimum absolute atomic E-state index is 0.611. The number of nitrogens with one attached hydrogen (secondary N) is 1. The molecule has 0 unspecified atom stereocenters. The first kappa shape index (κ1) is 27.7. The number of rotatable bonds is 9. The monoisotopic (exact) mass is 484 g/mol. The van der Waals surface area contributed by atoms with Crippen LogP contribution in [0.2, 0.25) is 0 Å². The van der Waals surface area contributed by atoms with E-state index in [4.69, 9.17) is 29.8 Å². The number of hydrogen-bond acceptors (Lipinski definition) is 13. The number of aliphatic hydroxyl groups is 6. The molecule has 0 spiro atoms. The fourth-order valence-electron chi connectivity index (χ4n) is 3.57. The van der Waals surface area contributed by atoms with Crippen molar-refractivity contribution in [3.8, 4) is 0 Å². The van der Waals surface area contributed by atoms with Gasteiger partial charge < -0.3 is 65.7 Å². The Morgan fingerprint density at radius 3 is 2.06 bits per heavy atom. The van der Waals surface area contributed by atoms with Gasteiger partial charge in [-0.2, -0.15) is 0 Å². The summed E-state index contributed by atoms with van der Waals surface area (Å²) >= 11 is 0. The molecule has 10 N–H and O–H groups in total. The molecule has 2 rings (SSSR count). The molecule has 0 aromatic carbocycles. The molecule has 33 heavy (non-hydrogen) atoms. The predicted octanol–water partition coefficient (Wildman–Crippen LogP) is -5.43. The van der Waals surface area contributed by atoms with Gasteiger partial charge in [0.15, 0.2) is 12.6 Å². The van der Waals surface area contributed by atoms with E-state index in [0.29, 0.717) is 0 Å². The van der Waals surface area contributed by atoms with Crippen LogP contribution in [0.25, 0.3) is 0 Å². The van der Waals surface area contributed by atoms with Crippen molar-refractivity contribution in [2.24, 2.45) is 5.73 Å². The Balaban J connectivity index is 2.24. The molecule has 0 aromatic rings. The summed E-state index contributed by atoms with van der Waals surface area (Å²) < 4.78 is 21.9. The number of nitrogens with two attached hydrogens (primary N) is 1. The molecule has 0 radical (unpaired) electrons. The maximum Gasteiger partial charge on any atom is 0.323 e. The maximum atomic E-state index is 11.7. The van der Waals surface area contributed by atoms with Crippen molar-refractivity contribution in [3.63, 3.8) is 0 Å². The van der Waals surface area contributed by atoms with Crippen molar-refractivity contribution in [2.45, 2.75) is 87.3 Å². The highest BCUT2D eigenvalue weighted by molar-refractivity contribution is 5.74. The van der Waals surface area contributed by atoms with Gasteiger partial charge >= 0.3 is 5.97 Å². The standard InChI is InChI=1S/C18H32N2O13/c1-5(9(19)16(28)29)30-17-10(20-6(2)23)12(25)15(8(4-22)32-17)33-18-14(27)13(26)11(24)7(3-21)31-18/h5,7-15,17-18,21-22,24-27H,3-4,19H2,1-2H3,(H,20,23)(H,28,29)/t5-,7-,8-,9+,10-,11+,12-,13+,14-,15-,17-,18+/m1/s1. The SMILES string of the molecule is CC(=O)N[C@H]1[C@H](O[C@H](C)[C@H](N)C(=O)O)O[C@H](CO)[C@@H](O[C@@H]2O[C@H](CO)[C@H](O)[C@H](O)[C@H]2O)[C@@H]1O. The van der Waals surface area contributed by atoms with Gasteiger partial charge in [-0.15, -0.1) is 0 Å². The van der Waals surface area contributed by atoms with E-state index in [2.05, 4.69) is 5.32 Å². The molecule has 0 bridgehead atoms. The van der Waals surface area contributed by atoms with Crippen LogP contribution in [0.15, 0.2) is 0 Å². The summed E-state index contributed by atoms with van der Waals surface area (Å²) in [4.78, 5) is 22.8. The third-order valence-electron chi connectivity index (χ3n) is 5.50. The Kier molecular flexibility index (Phi) is 9.89. The number of aliphatic hydroxyl groups excluding tert-OH is 6. The summed E-state index contributed by atoms with van der Waals surface area (Å²) in [5.74, 6) is -1.97. The van der Waals surface area contributed by atoms with Gasteiger partial charge in [0.1, 0.15) is 54.8 Å². The third kappa shape index (κ3) is 6.34. The molecule has 12 atom stereocenters. The predicted molar refractivity (Wildman–Crippen MR) is 104 cm³/mol. The Morgan fingerprint density at radius 2 is 1.55 bits per heavy atom. The zero-order chi connectivity index (χ0) is 25.0. The third-order valence-corrected chi connectivity index (χ3v) is 5.50. The molecule has 15 heteroatoms. The zero-order valence-electron chi connectivity index (χ0n) is 18.0. The van der Waals surface area contributed by atoms with Crippen molar-refractivity contribution in [1.29, 1.82) is 0 Å². The van der Waals surface area contributed by atoms with Gasteiger partial charge in [0.25, 0.3) is 0 Å². The summed E-state index contributed by atoms with van der Waals surface area (Å²) in [6.45, 7) is 1.01. The average molecular weight is 484 g/mol.